The van der Waals surface area contributed by atoms with Gasteiger partial charge in [0.15, 0.2) is 0 Å². The zero-order chi connectivity index (χ0) is 11.8. The van der Waals surface area contributed by atoms with Gasteiger partial charge in [-0.3, -0.25) is 4.79 Å². The van der Waals surface area contributed by atoms with Gasteiger partial charge in [0.05, 0.1) is 0 Å². The normalized spacial score (nSPS) is 27.2. The van der Waals surface area contributed by atoms with Crippen LogP contribution in [-0.4, -0.2) is 23.4 Å². The van der Waals surface area contributed by atoms with Gasteiger partial charge in [-0.2, -0.15) is 0 Å². The van der Waals surface area contributed by atoms with Crippen LogP contribution in [0.2, 0.25) is 0 Å². The van der Waals surface area contributed by atoms with Crippen LogP contribution >= 0.6 is 0 Å². The minimum absolute atomic E-state index is 0.190. The summed E-state index contributed by atoms with van der Waals surface area (Å²) in [5, 5.41) is 0. The minimum Gasteiger partial charge on any atom is -0.338 e. The van der Waals surface area contributed by atoms with Crippen LogP contribution in [-0.2, 0) is 17.8 Å². The molecule has 0 bridgehead atoms. The molecule has 3 rings (SSSR count). The molecule has 0 spiro atoms. The Morgan fingerprint density at radius 1 is 1.24 bits per heavy atom. The number of carbonyl (C=O) groups is 1. The van der Waals surface area contributed by atoms with Crippen molar-refractivity contribution >= 4 is 5.91 Å². The molecular formula is C14H18N2O. The number of hydrogen-bond acceptors (Lipinski definition) is 2. The van der Waals surface area contributed by atoms with Gasteiger partial charge in [0.1, 0.15) is 0 Å². The fourth-order valence-corrected chi connectivity index (χ4v) is 2.81. The van der Waals surface area contributed by atoms with Crippen molar-refractivity contribution < 1.29 is 4.79 Å². The molecule has 0 radical (unpaired) electrons. The van der Waals surface area contributed by atoms with E-state index < -0.39 is 0 Å². The number of hydrogen-bond donors (Lipinski definition) is 1. The number of amides is 1. The van der Waals surface area contributed by atoms with Gasteiger partial charge in [0, 0.05) is 25.0 Å². The summed E-state index contributed by atoms with van der Waals surface area (Å²) >= 11 is 0. The maximum Gasteiger partial charge on any atom is 0.226 e. The summed E-state index contributed by atoms with van der Waals surface area (Å²) in [5.41, 5.74) is 8.43. The second-order valence-electron chi connectivity index (χ2n) is 5.21. The zero-order valence-electron chi connectivity index (χ0n) is 9.93. The van der Waals surface area contributed by atoms with Gasteiger partial charge in [0.25, 0.3) is 0 Å². The fourth-order valence-electron chi connectivity index (χ4n) is 2.81. The third-order valence-electron chi connectivity index (χ3n) is 3.97. The molecule has 2 aliphatic rings. The SMILES string of the molecule is NC1CC(C(=O)N2CCc3ccccc3C2)C1. The number of nitrogens with two attached hydrogens (primary N) is 1. The fraction of sp³-hybridized carbons (Fsp3) is 0.500. The Hall–Kier alpha value is -1.35. The van der Waals surface area contributed by atoms with E-state index >= 15 is 0 Å². The molecule has 1 saturated carbocycles. The summed E-state index contributed by atoms with van der Waals surface area (Å²) in [5.74, 6) is 0.497. The van der Waals surface area contributed by atoms with E-state index in [9.17, 15) is 4.79 Å². The number of rotatable bonds is 1. The molecule has 0 unspecified atom stereocenters. The van der Waals surface area contributed by atoms with Gasteiger partial charge < -0.3 is 10.6 Å². The molecule has 3 heteroatoms. The highest BCUT2D eigenvalue weighted by Gasteiger charge is 2.35. The first-order valence-electron chi connectivity index (χ1n) is 6.35. The van der Waals surface area contributed by atoms with Crippen LogP contribution in [0.5, 0.6) is 0 Å². The predicted molar refractivity (Wildman–Crippen MR) is 66.3 cm³/mol. The molecule has 0 saturated heterocycles. The van der Waals surface area contributed by atoms with E-state index in [1.54, 1.807) is 0 Å². The summed E-state index contributed by atoms with van der Waals surface area (Å²) in [6.45, 7) is 1.64. The number of carbonyl (C=O) groups excluding carboxylic acids is 1. The lowest BCUT2D eigenvalue weighted by atomic mass is 9.79. The molecule has 1 aliphatic carbocycles. The highest BCUT2D eigenvalue weighted by atomic mass is 16.2. The largest absolute Gasteiger partial charge is 0.338 e. The second-order valence-corrected chi connectivity index (χ2v) is 5.21. The molecule has 0 atom stereocenters. The van der Waals surface area contributed by atoms with Crippen LogP contribution in [0.1, 0.15) is 24.0 Å². The Bertz CT molecular complexity index is 438. The van der Waals surface area contributed by atoms with Gasteiger partial charge in [-0.1, -0.05) is 24.3 Å². The van der Waals surface area contributed by atoms with E-state index in [0.717, 1.165) is 32.4 Å². The van der Waals surface area contributed by atoms with Crippen LogP contribution in [0.25, 0.3) is 0 Å². The lowest BCUT2D eigenvalue weighted by Crippen LogP contribution is -2.48. The molecule has 0 aromatic heterocycles. The molecule has 1 fully saturated rings. The van der Waals surface area contributed by atoms with Crippen molar-refractivity contribution in [2.24, 2.45) is 11.7 Å². The molecular weight excluding hydrogens is 212 g/mol. The van der Waals surface area contributed by atoms with Crippen molar-refractivity contribution in [1.82, 2.24) is 4.90 Å². The Balaban J connectivity index is 1.69. The van der Waals surface area contributed by atoms with E-state index in [1.807, 2.05) is 11.0 Å². The quantitative estimate of drug-likeness (QED) is 0.790. The number of benzene rings is 1. The lowest BCUT2D eigenvalue weighted by molar-refractivity contribution is -0.139. The Labute approximate surface area is 102 Å². The third-order valence-corrected chi connectivity index (χ3v) is 3.97. The van der Waals surface area contributed by atoms with Crippen molar-refractivity contribution in [2.45, 2.75) is 31.8 Å². The van der Waals surface area contributed by atoms with Crippen molar-refractivity contribution in [3.8, 4) is 0 Å². The van der Waals surface area contributed by atoms with Crippen LogP contribution in [0.4, 0.5) is 0 Å². The molecule has 1 aliphatic heterocycles. The third kappa shape index (κ3) is 1.95. The Morgan fingerprint density at radius 3 is 2.65 bits per heavy atom. The van der Waals surface area contributed by atoms with Gasteiger partial charge in [0.2, 0.25) is 5.91 Å². The number of nitrogens with zero attached hydrogens (tertiary/aromatic N) is 1. The van der Waals surface area contributed by atoms with E-state index in [-0.39, 0.29) is 12.0 Å². The smallest absolute Gasteiger partial charge is 0.226 e. The van der Waals surface area contributed by atoms with E-state index in [1.165, 1.54) is 11.1 Å². The van der Waals surface area contributed by atoms with Crippen LogP contribution in [0, 0.1) is 5.92 Å². The highest BCUT2D eigenvalue weighted by Crippen LogP contribution is 2.29. The molecule has 1 heterocycles. The summed E-state index contributed by atoms with van der Waals surface area (Å²) in [7, 11) is 0. The van der Waals surface area contributed by atoms with E-state index in [0.29, 0.717) is 5.91 Å². The summed E-state index contributed by atoms with van der Waals surface area (Å²) in [6.07, 6.45) is 2.73. The first kappa shape index (κ1) is 10.8. The second kappa shape index (κ2) is 4.15. The standard InChI is InChI=1S/C14H18N2O/c15-13-7-12(8-13)14(17)16-6-5-10-3-1-2-4-11(10)9-16/h1-4,12-13H,5-9,15H2. The summed E-state index contributed by atoms with van der Waals surface area (Å²) in [6, 6.07) is 8.66. The lowest BCUT2D eigenvalue weighted by Gasteiger charge is -2.37. The van der Waals surface area contributed by atoms with E-state index in [4.69, 9.17) is 5.73 Å². The van der Waals surface area contributed by atoms with Gasteiger partial charge in [-0.05, 0) is 30.4 Å². The van der Waals surface area contributed by atoms with Gasteiger partial charge in [-0.25, -0.2) is 0 Å². The van der Waals surface area contributed by atoms with E-state index in [2.05, 4.69) is 18.2 Å². The predicted octanol–water partition coefficient (Wildman–Crippen LogP) is 1.31. The Morgan fingerprint density at radius 2 is 1.94 bits per heavy atom. The van der Waals surface area contributed by atoms with Crippen molar-refractivity contribution in [3.05, 3.63) is 35.4 Å². The first-order chi connectivity index (χ1) is 8.24. The van der Waals surface area contributed by atoms with Crippen molar-refractivity contribution in [2.75, 3.05) is 6.54 Å². The minimum atomic E-state index is 0.190. The molecule has 1 aromatic carbocycles. The zero-order valence-corrected chi connectivity index (χ0v) is 9.93. The monoisotopic (exact) mass is 230 g/mol. The van der Waals surface area contributed by atoms with Crippen molar-refractivity contribution in [3.63, 3.8) is 0 Å². The highest BCUT2D eigenvalue weighted by molar-refractivity contribution is 5.80. The van der Waals surface area contributed by atoms with Gasteiger partial charge >= 0.3 is 0 Å². The average molecular weight is 230 g/mol. The molecule has 1 aromatic rings. The maximum atomic E-state index is 12.2. The average Bonchev–Trinajstić information content (AvgIpc) is 2.33. The molecule has 17 heavy (non-hydrogen) atoms. The number of fused-ring (bicyclic) bond motifs is 1. The molecule has 3 nitrogen and oxygen atoms in total. The Kier molecular flexibility index (Phi) is 2.63. The summed E-state index contributed by atoms with van der Waals surface area (Å²) < 4.78 is 0. The van der Waals surface area contributed by atoms with Crippen LogP contribution in [0.15, 0.2) is 24.3 Å². The molecule has 2 N–H and O–H groups in total. The molecule has 90 valence electrons. The maximum absolute atomic E-state index is 12.2. The van der Waals surface area contributed by atoms with Crippen molar-refractivity contribution in [1.29, 1.82) is 0 Å². The molecule has 1 amide bonds. The first-order valence-corrected chi connectivity index (χ1v) is 6.35. The topological polar surface area (TPSA) is 46.3 Å². The van der Waals surface area contributed by atoms with Gasteiger partial charge in [-0.15, -0.1) is 0 Å². The summed E-state index contributed by atoms with van der Waals surface area (Å²) in [4.78, 5) is 14.2. The van der Waals surface area contributed by atoms with Crippen LogP contribution in [0.3, 0.4) is 0 Å². The van der Waals surface area contributed by atoms with Crippen LogP contribution < -0.4 is 5.73 Å².